The molecule has 8 heteroatoms. The van der Waals surface area contributed by atoms with E-state index in [4.69, 9.17) is 9.47 Å². The molecule has 0 spiro atoms. The third-order valence-electron chi connectivity index (χ3n) is 3.38. The van der Waals surface area contributed by atoms with Crippen molar-refractivity contribution < 1.29 is 19.1 Å². The number of nitrogens with zero attached hydrogens (tertiary/aromatic N) is 2. The Hall–Kier alpha value is -2.58. The number of aromatic nitrogens is 2. The molecule has 0 saturated heterocycles. The highest BCUT2D eigenvalue weighted by Crippen LogP contribution is 2.16. The Balaban J connectivity index is 1.54. The van der Waals surface area contributed by atoms with Crippen LogP contribution in [0.5, 0.6) is 0 Å². The van der Waals surface area contributed by atoms with Crippen molar-refractivity contribution in [3.63, 3.8) is 0 Å². The number of esters is 2. The first-order valence-corrected chi connectivity index (χ1v) is 9.41. The minimum Gasteiger partial charge on any atom is -0.457 e. The molecule has 6 nitrogen and oxygen atoms in total. The summed E-state index contributed by atoms with van der Waals surface area (Å²) in [5.74, 6) is -0.791. The largest absolute Gasteiger partial charge is 0.457 e. The second kappa shape index (κ2) is 8.20. The average molecular weight is 388 g/mol. The first-order chi connectivity index (χ1) is 12.5. The van der Waals surface area contributed by atoms with Crippen LogP contribution in [0.15, 0.2) is 36.7 Å². The van der Waals surface area contributed by atoms with Crippen LogP contribution in [0.3, 0.4) is 0 Å². The van der Waals surface area contributed by atoms with Gasteiger partial charge in [-0.3, -0.25) is 0 Å². The van der Waals surface area contributed by atoms with Crippen molar-refractivity contribution in [3.8, 4) is 0 Å². The highest BCUT2D eigenvalue weighted by molar-refractivity contribution is 7.13. The molecule has 0 amide bonds. The number of hydrogen-bond acceptors (Lipinski definition) is 8. The van der Waals surface area contributed by atoms with Crippen molar-refractivity contribution >= 4 is 34.6 Å². The molecule has 0 N–H and O–H groups in total. The number of ether oxygens (including phenoxy) is 2. The molecular weight excluding hydrogens is 372 g/mol. The summed E-state index contributed by atoms with van der Waals surface area (Å²) in [7, 11) is 0. The van der Waals surface area contributed by atoms with E-state index in [9.17, 15) is 9.59 Å². The van der Waals surface area contributed by atoms with E-state index in [0.29, 0.717) is 9.75 Å². The maximum atomic E-state index is 12.0. The lowest BCUT2D eigenvalue weighted by molar-refractivity contribution is 0.0477. The van der Waals surface area contributed by atoms with Gasteiger partial charge in [-0.1, -0.05) is 18.2 Å². The molecule has 0 fully saturated rings. The summed E-state index contributed by atoms with van der Waals surface area (Å²) in [4.78, 5) is 33.0. The van der Waals surface area contributed by atoms with Crippen LogP contribution in [-0.2, 0) is 22.7 Å². The lowest BCUT2D eigenvalue weighted by Crippen LogP contribution is -2.05. The molecule has 2 heterocycles. The molecule has 0 radical (unpaired) electrons. The Bertz CT molecular complexity index is 861. The van der Waals surface area contributed by atoms with E-state index in [1.54, 1.807) is 0 Å². The van der Waals surface area contributed by atoms with Gasteiger partial charge >= 0.3 is 11.9 Å². The van der Waals surface area contributed by atoms with E-state index in [1.165, 1.54) is 35.1 Å². The fourth-order valence-corrected chi connectivity index (χ4v) is 3.50. The van der Waals surface area contributed by atoms with Crippen LogP contribution < -0.4 is 0 Å². The Labute approximate surface area is 158 Å². The molecule has 3 rings (SSSR count). The second-order valence-corrected chi connectivity index (χ2v) is 7.93. The standard InChI is InChI=1S/C18H16N2O4S2/c1-11-19-7-15(25-11)17(21)23-9-13-4-3-5-14(6-13)10-24-18(22)16-8-20-12(2)26-16/h3-8H,9-10H2,1-2H3. The van der Waals surface area contributed by atoms with Gasteiger partial charge < -0.3 is 9.47 Å². The smallest absolute Gasteiger partial charge is 0.350 e. The van der Waals surface area contributed by atoms with Gasteiger partial charge in [-0.05, 0) is 31.0 Å². The topological polar surface area (TPSA) is 78.4 Å². The van der Waals surface area contributed by atoms with Crippen LogP contribution in [0.4, 0.5) is 0 Å². The van der Waals surface area contributed by atoms with Crippen LogP contribution in [0.1, 0.15) is 40.5 Å². The van der Waals surface area contributed by atoms with E-state index < -0.39 is 11.9 Å². The lowest BCUT2D eigenvalue weighted by atomic mass is 10.1. The van der Waals surface area contributed by atoms with E-state index in [1.807, 2.05) is 38.1 Å². The molecule has 0 bridgehead atoms. The molecule has 2 aromatic heterocycles. The zero-order chi connectivity index (χ0) is 18.5. The van der Waals surface area contributed by atoms with Crippen molar-refractivity contribution in [2.75, 3.05) is 0 Å². The minimum absolute atomic E-state index is 0.144. The Kier molecular flexibility index (Phi) is 5.75. The van der Waals surface area contributed by atoms with Gasteiger partial charge in [-0.2, -0.15) is 0 Å². The number of aryl methyl sites for hydroxylation is 2. The predicted octanol–water partition coefficient (Wildman–Crippen LogP) is 3.93. The van der Waals surface area contributed by atoms with Gasteiger partial charge in [-0.25, -0.2) is 19.6 Å². The fourth-order valence-electron chi connectivity index (χ4n) is 2.16. The molecule has 0 aliphatic carbocycles. The molecule has 1 aromatic carbocycles. The predicted molar refractivity (Wildman–Crippen MR) is 98.4 cm³/mol. The van der Waals surface area contributed by atoms with Gasteiger partial charge in [0.05, 0.1) is 22.4 Å². The Morgan fingerprint density at radius 2 is 1.35 bits per heavy atom. The van der Waals surface area contributed by atoms with Gasteiger partial charge in [0, 0.05) is 0 Å². The normalized spacial score (nSPS) is 10.5. The monoisotopic (exact) mass is 388 g/mol. The molecule has 0 saturated carbocycles. The zero-order valence-electron chi connectivity index (χ0n) is 14.2. The maximum Gasteiger partial charge on any atom is 0.350 e. The van der Waals surface area contributed by atoms with E-state index in [-0.39, 0.29) is 13.2 Å². The van der Waals surface area contributed by atoms with Gasteiger partial charge in [0.25, 0.3) is 0 Å². The summed E-state index contributed by atoms with van der Waals surface area (Å²) in [6, 6.07) is 7.38. The van der Waals surface area contributed by atoms with E-state index in [0.717, 1.165) is 21.1 Å². The van der Waals surface area contributed by atoms with Crippen LogP contribution in [0, 0.1) is 13.8 Å². The molecular formula is C18H16N2O4S2. The minimum atomic E-state index is -0.395. The van der Waals surface area contributed by atoms with E-state index >= 15 is 0 Å². The van der Waals surface area contributed by atoms with Gasteiger partial charge in [-0.15, -0.1) is 22.7 Å². The number of benzene rings is 1. The van der Waals surface area contributed by atoms with Crippen molar-refractivity contribution in [2.24, 2.45) is 0 Å². The van der Waals surface area contributed by atoms with Crippen LogP contribution >= 0.6 is 22.7 Å². The van der Waals surface area contributed by atoms with E-state index in [2.05, 4.69) is 9.97 Å². The number of hydrogen-bond donors (Lipinski definition) is 0. The summed E-state index contributed by atoms with van der Waals surface area (Å²) < 4.78 is 10.6. The SMILES string of the molecule is Cc1ncc(C(=O)OCc2cccc(COC(=O)c3cnc(C)s3)c2)s1. The molecule has 26 heavy (non-hydrogen) atoms. The lowest BCUT2D eigenvalue weighted by Gasteiger charge is -2.07. The van der Waals surface area contributed by atoms with Crippen molar-refractivity contribution in [1.82, 2.24) is 9.97 Å². The summed E-state index contributed by atoms with van der Waals surface area (Å²) in [5.41, 5.74) is 1.64. The van der Waals surface area contributed by atoms with Crippen molar-refractivity contribution in [3.05, 3.63) is 67.6 Å². The fraction of sp³-hybridized carbons (Fsp3) is 0.222. The van der Waals surface area contributed by atoms with Gasteiger partial charge in [0.1, 0.15) is 23.0 Å². The zero-order valence-corrected chi connectivity index (χ0v) is 15.9. The summed E-state index contributed by atoms with van der Waals surface area (Å²) in [5, 5.41) is 1.63. The third-order valence-corrected chi connectivity index (χ3v) is 5.16. The first-order valence-electron chi connectivity index (χ1n) is 7.78. The average Bonchev–Trinajstić information content (AvgIpc) is 3.26. The maximum absolute atomic E-state index is 12.0. The summed E-state index contributed by atoms with van der Waals surface area (Å²) in [6.07, 6.45) is 3.03. The highest BCUT2D eigenvalue weighted by Gasteiger charge is 2.12. The van der Waals surface area contributed by atoms with Crippen LogP contribution in [0.2, 0.25) is 0 Å². The van der Waals surface area contributed by atoms with Crippen LogP contribution in [-0.4, -0.2) is 21.9 Å². The van der Waals surface area contributed by atoms with Crippen molar-refractivity contribution in [2.45, 2.75) is 27.1 Å². The Morgan fingerprint density at radius 1 is 0.885 bits per heavy atom. The molecule has 3 aromatic rings. The first kappa shape index (κ1) is 18.2. The quantitative estimate of drug-likeness (QED) is 0.596. The van der Waals surface area contributed by atoms with Crippen molar-refractivity contribution in [1.29, 1.82) is 0 Å². The number of thiazole rings is 2. The number of carbonyl (C=O) groups is 2. The molecule has 0 atom stereocenters. The van der Waals surface area contributed by atoms with Gasteiger partial charge in [0.2, 0.25) is 0 Å². The van der Waals surface area contributed by atoms with Crippen LogP contribution in [0.25, 0.3) is 0 Å². The molecule has 0 aliphatic heterocycles. The number of rotatable bonds is 6. The molecule has 134 valence electrons. The van der Waals surface area contributed by atoms with Gasteiger partial charge in [0.15, 0.2) is 0 Å². The molecule has 0 unspecified atom stereocenters. The summed E-state index contributed by atoms with van der Waals surface area (Å²) in [6.45, 7) is 3.96. The number of carbonyl (C=O) groups excluding carboxylic acids is 2. The third kappa shape index (κ3) is 4.74. The molecule has 0 aliphatic rings. The second-order valence-electron chi connectivity index (χ2n) is 5.46. The Morgan fingerprint density at radius 3 is 1.73 bits per heavy atom. The summed E-state index contributed by atoms with van der Waals surface area (Å²) >= 11 is 2.60. The highest BCUT2D eigenvalue weighted by atomic mass is 32.1.